The maximum Gasteiger partial charge on any atom is 0.357 e. The first kappa shape index (κ1) is 12.3. The van der Waals surface area contributed by atoms with Gasteiger partial charge in [-0.05, 0) is 41.1 Å². The molecule has 2 aromatic rings. The Morgan fingerprint density at radius 2 is 2.12 bits per heavy atom. The van der Waals surface area contributed by atoms with E-state index in [0.29, 0.717) is 4.47 Å². The molecule has 0 atom stereocenters. The lowest BCUT2D eigenvalue weighted by atomic mass is 10.3. The molecule has 88 valence electrons. The molecule has 0 aliphatic carbocycles. The van der Waals surface area contributed by atoms with Crippen LogP contribution in [-0.2, 0) is 0 Å². The van der Waals surface area contributed by atoms with Crippen LogP contribution >= 0.6 is 31.9 Å². The highest BCUT2D eigenvalue weighted by Crippen LogP contribution is 2.24. The molecule has 0 amide bonds. The summed E-state index contributed by atoms with van der Waals surface area (Å²) in [5.41, 5.74) is 1.58. The molecule has 17 heavy (non-hydrogen) atoms. The van der Waals surface area contributed by atoms with E-state index in [9.17, 15) is 4.79 Å². The Labute approximate surface area is 115 Å². The van der Waals surface area contributed by atoms with Gasteiger partial charge in [0.05, 0.1) is 15.9 Å². The zero-order valence-electron chi connectivity index (χ0n) is 8.82. The van der Waals surface area contributed by atoms with E-state index in [1.165, 1.54) is 0 Å². The van der Waals surface area contributed by atoms with E-state index < -0.39 is 5.97 Å². The monoisotopic (exact) mass is 358 g/mol. The number of aromatic carboxylic acids is 1. The summed E-state index contributed by atoms with van der Waals surface area (Å²) < 4.78 is 3.01. The van der Waals surface area contributed by atoms with Crippen LogP contribution in [0.2, 0.25) is 0 Å². The predicted octanol–water partition coefficient (Wildman–Crippen LogP) is 3.40. The van der Waals surface area contributed by atoms with Crippen molar-refractivity contribution in [3.63, 3.8) is 0 Å². The Balaban J connectivity index is 2.61. The van der Waals surface area contributed by atoms with E-state index >= 15 is 0 Å². The van der Waals surface area contributed by atoms with E-state index in [-0.39, 0.29) is 5.69 Å². The second kappa shape index (κ2) is 4.62. The minimum Gasteiger partial charge on any atom is -0.476 e. The average molecular weight is 360 g/mol. The molecule has 1 N–H and O–H groups in total. The van der Waals surface area contributed by atoms with Gasteiger partial charge in [0, 0.05) is 4.47 Å². The number of carboxylic acid groups (broad SMARTS) is 1. The highest BCUT2D eigenvalue weighted by molar-refractivity contribution is 9.10. The van der Waals surface area contributed by atoms with Crippen LogP contribution in [0.1, 0.15) is 16.2 Å². The molecule has 0 saturated carbocycles. The predicted molar refractivity (Wildman–Crippen MR) is 70.7 cm³/mol. The minimum absolute atomic E-state index is 0.0162. The van der Waals surface area contributed by atoms with E-state index in [4.69, 9.17) is 5.11 Å². The van der Waals surface area contributed by atoms with Crippen LogP contribution < -0.4 is 0 Å². The van der Waals surface area contributed by atoms with Gasteiger partial charge >= 0.3 is 5.97 Å². The molecule has 0 aliphatic heterocycles. The minimum atomic E-state index is -1.05. The number of carboxylic acids is 1. The first-order chi connectivity index (χ1) is 8.00. The molecule has 1 heterocycles. The largest absolute Gasteiger partial charge is 0.476 e. The van der Waals surface area contributed by atoms with Crippen molar-refractivity contribution in [3.05, 3.63) is 44.6 Å². The second-order valence-corrected chi connectivity index (χ2v) is 5.15. The highest BCUT2D eigenvalue weighted by atomic mass is 79.9. The van der Waals surface area contributed by atoms with Crippen molar-refractivity contribution in [1.29, 1.82) is 0 Å². The van der Waals surface area contributed by atoms with Crippen LogP contribution in [0, 0.1) is 6.92 Å². The maximum atomic E-state index is 11.0. The smallest absolute Gasteiger partial charge is 0.357 e. The molecule has 6 heteroatoms. The van der Waals surface area contributed by atoms with E-state index in [0.717, 1.165) is 15.9 Å². The summed E-state index contributed by atoms with van der Waals surface area (Å²) in [7, 11) is 0. The van der Waals surface area contributed by atoms with Crippen molar-refractivity contribution < 1.29 is 9.90 Å². The Kier molecular flexibility index (Phi) is 3.35. The Hall–Kier alpha value is -1.14. The van der Waals surface area contributed by atoms with Gasteiger partial charge in [0.25, 0.3) is 0 Å². The molecule has 0 fully saturated rings. The number of carbonyl (C=O) groups is 1. The summed E-state index contributed by atoms with van der Waals surface area (Å²) in [6.45, 7) is 1.81. The lowest BCUT2D eigenvalue weighted by molar-refractivity contribution is 0.0689. The zero-order chi connectivity index (χ0) is 12.6. The molecule has 0 spiro atoms. The lowest BCUT2D eigenvalue weighted by Crippen LogP contribution is -2.02. The molecule has 0 aliphatic rings. The molecule has 0 saturated heterocycles. The van der Waals surface area contributed by atoms with Crippen LogP contribution in [0.5, 0.6) is 0 Å². The molecule has 0 radical (unpaired) electrons. The topological polar surface area (TPSA) is 55.1 Å². The third-order valence-corrected chi connectivity index (χ3v) is 3.74. The van der Waals surface area contributed by atoms with Gasteiger partial charge in [-0.15, -0.1) is 0 Å². The summed E-state index contributed by atoms with van der Waals surface area (Å²) in [5.74, 6) is -1.05. The molecule has 0 bridgehead atoms. The molecule has 2 rings (SSSR count). The normalized spacial score (nSPS) is 10.5. The number of benzene rings is 1. The van der Waals surface area contributed by atoms with Crippen molar-refractivity contribution in [2.75, 3.05) is 0 Å². The van der Waals surface area contributed by atoms with Gasteiger partial charge in [0.15, 0.2) is 5.69 Å². The van der Waals surface area contributed by atoms with Gasteiger partial charge in [-0.3, -0.25) is 0 Å². The van der Waals surface area contributed by atoms with Crippen LogP contribution in [0.4, 0.5) is 0 Å². The van der Waals surface area contributed by atoms with Crippen LogP contribution in [0.15, 0.2) is 33.2 Å². The number of rotatable bonds is 2. The van der Waals surface area contributed by atoms with Gasteiger partial charge in [-0.25, -0.2) is 9.48 Å². The van der Waals surface area contributed by atoms with Crippen molar-refractivity contribution in [1.82, 2.24) is 9.78 Å². The zero-order valence-corrected chi connectivity index (χ0v) is 12.0. The summed E-state index contributed by atoms with van der Waals surface area (Å²) in [6, 6.07) is 7.51. The first-order valence-corrected chi connectivity index (χ1v) is 6.33. The van der Waals surface area contributed by atoms with Crippen molar-refractivity contribution in [2.45, 2.75) is 6.92 Å². The van der Waals surface area contributed by atoms with Gasteiger partial charge in [0.2, 0.25) is 0 Å². The Morgan fingerprint density at radius 3 is 2.65 bits per heavy atom. The second-order valence-electron chi connectivity index (χ2n) is 3.44. The third kappa shape index (κ3) is 2.28. The van der Waals surface area contributed by atoms with Crippen LogP contribution in [0.25, 0.3) is 5.69 Å². The summed E-state index contributed by atoms with van der Waals surface area (Å²) in [6.07, 6.45) is 0. The standard InChI is InChI=1S/C11H8Br2N2O2/c1-6-9(13)10(11(16)17)14-15(6)8-4-2-3-7(12)5-8/h2-5H,1H3,(H,16,17). The van der Waals surface area contributed by atoms with Gasteiger partial charge in [-0.2, -0.15) is 5.10 Å². The molecular formula is C11H8Br2N2O2. The summed E-state index contributed by atoms with van der Waals surface area (Å²) in [4.78, 5) is 11.0. The number of halogens is 2. The highest BCUT2D eigenvalue weighted by Gasteiger charge is 2.18. The average Bonchev–Trinajstić information content (AvgIpc) is 2.56. The van der Waals surface area contributed by atoms with E-state index in [1.807, 2.05) is 31.2 Å². The van der Waals surface area contributed by atoms with Crippen LogP contribution in [-0.4, -0.2) is 20.9 Å². The van der Waals surface area contributed by atoms with Gasteiger partial charge in [-0.1, -0.05) is 22.0 Å². The number of hydrogen-bond donors (Lipinski definition) is 1. The van der Waals surface area contributed by atoms with Crippen molar-refractivity contribution >= 4 is 37.8 Å². The van der Waals surface area contributed by atoms with Crippen molar-refractivity contribution in [2.24, 2.45) is 0 Å². The van der Waals surface area contributed by atoms with Gasteiger partial charge < -0.3 is 5.11 Å². The fraction of sp³-hybridized carbons (Fsp3) is 0.0909. The SMILES string of the molecule is Cc1c(Br)c(C(=O)O)nn1-c1cccc(Br)c1. The lowest BCUT2D eigenvalue weighted by Gasteiger charge is -2.04. The number of hydrogen-bond acceptors (Lipinski definition) is 2. The van der Waals surface area contributed by atoms with Crippen LogP contribution in [0.3, 0.4) is 0 Å². The van der Waals surface area contributed by atoms with E-state index in [1.54, 1.807) is 4.68 Å². The molecule has 4 nitrogen and oxygen atoms in total. The first-order valence-electron chi connectivity index (χ1n) is 4.75. The molecule has 1 aromatic heterocycles. The maximum absolute atomic E-state index is 11.0. The molecule has 0 unspecified atom stereocenters. The van der Waals surface area contributed by atoms with Crippen molar-refractivity contribution in [3.8, 4) is 5.69 Å². The molecule has 1 aromatic carbocycles. The summed E-state index contributed by atoms with van der Waals surface area (Å²) in [5, 5.41) is 13.1. The third-order valence-electron chi connectivity index (χ3n) is 2.30. The summed E-state index contributed by atoms with van der Waals surface area (Å²) >= 11 is 6.61. The number of nitrogens with zero attached hydrogens (tertiary/aromatic N) is 2. The van der Waals surface area contributed by atoms with Gasteiger partial charge in [0.1, 0.15) is 0 Å². The Bertz CT molecular complexity index is 593. The molecular weight excluding hydrogens is 352 g/mol. The Morgan fingerprint density at radius 1 is 1.41 bits per heavy atom. The fourth-order valence-electron chi connectivity index (χ4n) is 1.48. The van der Waals surface area contributed by atoms with E-state index in [2.05, 4.69) is 37.0 Å². The quantitative estimate of drug-likeness (QED) is 0.893. The number of aromatic nitrogens is 2. The fourth-order valence-corrected chi connectivity index (χ4v) is 2.28.